The van der Waals surface area contributed by atoms with E-state index >= 15 is 0 Å². The second-order valence-corrected chi connectivity index (χ2v) is 8.96. The Kier molecular flexibility index (Phi) is 4.44. The van der Waals surface area contributed by atoms with Crippen molar-refractivity contribution in [2.24, 2.45) is 11.8 Å². The summed E-state index contributed by atoms with van der Waals surface area (Å²) in [7, 11) is -3.00. The molecule has 20 heavy (non-hydrogen) atoms. The monoisotopic (exact) mass is 302 g/mol. The highest BCUT2D eigenvalue weighted by Crippen LogP contribution is 2.28. The molecule has 2 heterocycles. The van der Waals surface area contributed by atoms with E-state index in [2.05, 4.69) is 19.2 Å². The average molecular weight is 302 g/mol. The van der Waals surface area contributed by atoms with Crippen LogP contribution in [0.5, 0.6) is 0 Å². The van der Waals surface area contributed by atoms with Gasteiger partial charge in [0.05, 0.1) is 23.7 Å². The summed E-state index contributed by atoms with van der Waals surface area (Å²) in [5, 5.41) is 3.40. The summed E-state index contributed by atoms with van der Waals surface area (Å²) in [6.45, 7) is 8.18. The van der Waals surface area contributed by atoms with E-state index in [4.69, 9.17) is 0 Å². The first kappa shape index (κ1) is 15.8. The molecule has 0 aliphatic carbocycles. The van der Waals surface area contributed by atoms with Crippen molar-refractivity contribution in [3.63, 3.8) is 0 Å². The van der Waals surface area contributed by atoms with Crippen molar-refractivity contribution in [2.75, 3.05) is 11.5 Å². The van der Waals surface area contributed by atoms with Crippen molar-refractivity contribution < 1.29 is 13.2 Å². The minimum absolute atomic E-state index is 0.0480. The molecule has 2 saturated heterocycles. The molecule has 1 N–H and O–H groups in total. The number of amides is 1. The van der Waals surface area contributed by atoms with Crippen LogP contribution in [0.4, 0.5) is 0 Å². The second kappa shape index (κ2) is 5.64. The number of sulfone groups is 1. The number of hydrogen-bond donors (Lipinski definition) is 1. The van der Waals surface area contributed by atoms with E-state index in [1.54, 1.807) is 0 Å². The maximum absolute atomic E-state index is 12.6. The fraction of sp³-hybridized carbons (Fsp3) is 0.929. The molecule has 3 unspecified atom stereocenters. The largest absolute Gasteiger partial charge is 0.322 e. The molecule has 2 fully saturated rings. The fourth-order valence-corrected chi connectivity index (χ4v) is 4.94. The molecule has 3 atom stereocenters. The Morgan fingerprint density at radius 3 is 2.35 bits per heavy atom. The van der Waals surface area contributed by atoms with Crippen LogP contribution in [-0.2, 0) is 14.6 Å². The highest BCUT2D eigenvalue weighted by molar-refractivity contribution is 7.91. The minimum atomic E-state index is -3.00. The van der Waals surface area contributed by atoms with Crippen LogP contribution in [0, 0.1) is 11.8 Å². The molecule has 6 heteroatoms. The van der Waals surface area contributed by atoms with E-state index in [1.807, 2.05) is 18.7 Å². The van der Waals surface area contributed by atoms with Crippen LogP contribution in [0.15, 0.2) is 0 Å². The standard InChI is InChI=1S/C14H26N2O3S/c1-9(2)12-14(17)16(13(15-12)10(3)4)11-6-5-7-20(18,19)8-11/h9-13,15H,5-8H2,1-4H3. The lowest BCUT2D eigenvalue weighted by atomic mass is 10.0. The maximum Gasteiger partial charge on any atom is 0.241 e. The van der Waals surface area contributed by atoms with Gasteiger partial charge in [0, 0.05) is 6.04 Å². The number of carbonyl (C=O) groups excluding carboxylic acids is 1. The van der Waals surface area contributed by atoms with Crippen LogP contribution in [0.3, 0.4) is 0 Å². The zero-order chi connectivity index (χ0) is 15.1. The lowest BCUT2D eigenvalue weighted by molar-refractivity contribution is -0.133. The van der Waals surface area contributed by atoms with E-state index in [1.165, 1.54) is 0 Å². The Bertz CT molecular complexity index is 473. The lowest BCUT2D eigenvalue weighted by Crippen LogP contribution is -2.51. The maximum atomic E-state index is 12.6. The van der Waals surface area contributed by atoms with E-state index in [-0.39, 0.29) is 47.5 Å². The molecule has 0 aromatic heterocycles. The van der Waals surface area contributed by atoms with Crippen LogP contribution in [0.1, 0.15) is 40.5 Å². The highest BCUT2D eigenvalue weighted by atomic mass is 32.2. The predicted molar refractivity (Wildman–Crippen MR) is 78.9 cm³/mol. The van der Waals surface area contributed by atoms with Crippen LogP contribution < -0.4 is 5.32 Å². The first-order chi connectivity index (χ1) is 9.23. The summed E-state index contributed by atoms with van der Waals surface area (Å²) in [6, 6.07) is -0.350. The zero-order valence-electron chi connectivity index (χ0n) is 12.8. The molecule has 0 radical (unpaired) electrons. The van der Waals surface area contributed by atoms with Crippen molar-refractivity contribution in [3.8, 4) is 0 Å². The summed E-state index contributed by atoms with van der Waals surface area (Å²) in [6.07, 6.45) is 1.41. The Labute approximate surface area is 122 Å². The van der Waals surface area contributed by atoms with Crippen LogP contribution >= 0.6 is 0 Å². The molecule has 0 spiro atoms. The van der Waals surface area contributed by atoms with Gasteiger partial charge in [0.1, 0.15) is 0 Å². The molecule has 0 bridgehead atoms. The first-order valence-corrected chi connectivity index (χ1v) is 9.33. The van der Waals surface area contributed by atoms with E-state index in [0.717, 1.165) is 6.42 Å². The van der Waals surface area contributed by atoms with Gasteiger partial charge in [-0.25, -0.2) is 8.42 Å². The van der Waals surface area contributed by atoms with Gasteiger partial charge in [0.25, 0.3) is 0 Å². The second-order valence-electron chi connectivity index (χ2n) is 6.73. The van der Waals surface area contributed by atoms with Gasteiger partial charge in [0.15, 0.2) is 9.84 Å². The number of hydrogen-bond acceptors (Lipinski definition) is 4. The van der Waals surface area contributed by atoms with Crippen LogP contribution in [0.2, 0.25) is 0 Å². The van der Waals surface area contributed by atoms with E-state index < -0.39 is 9.84 Å². The van der Waals surface area contributed by atoms with Gasteiger partial charge in [-0.1, -0.05) is 27.7 Å². The van der Waals surface area contributed by atoms with E-state index in [9.17, 15) is 13.2 Å². The Hall–Kier alpha value is -0.620. The van der Waals surface area contributed by atoms with Crippen LogP contribution in [-0.4, -0.2) is 49.0 Å². The first-order valence-electron chi connectivity index (χ1n) is 7.51. The van der Waals surface area contributed by atoms with Gasteiger partial charge in [-0.3, -0.25) is 10.1 Å². The molecule has 116 valence electrons. The molecule has 1 amide bonds. The smallest absolute Gasteiger partial charge is 0.241 e. The van der Waals surface area contributed by atoms with Gasteiger partial charge in [0.2, 0.25) is 5.91 Å². The van der Waals surface area contributed by atoms with Gasteiger partial charge >= 0.3 is 0 Å². The molecule has 2 rings (SSSR count). The summed E-state index contributed by atoms with van der Waals surface area (Å²) >= 11 is 0. The third-order valence-electron chi connectivity index (χ3n) is 4.30. The Balaban J connectivity index is 2.24. The topological polar surface area (TPSA) is 66.5 Å². The third kappa shape index (κ3) is 3.01. The molecule has 0 aromatic rings. The SMILES string of the molecule is CC(C)C1NC(C(C)C)N(C2CCCS(=O)(=O)C2)C1=O. The summed E-state index contributed by atoms with van der Waals surface area (Å²) in [5.41, 5.74) is 0. The molecular weight excluding hydrogens is 276 g/mol. The highest BCUT2D eigenvalue weighted by Gasteiger charge is 2.46. The Morgan fingerprint density at radius 1 is 1.20 bits per heavy atom. The van der Waals surface area contributed by atoms with Crippen molar-refractivity contribution in [2.45, 2.75) is 58.8 Å². The molecular formula is C14H26N2O3S. The van der Waals surface area contributed by atoms with Gasteiger partial charge in [-0.15, -0.1) is 0 Å². The Morgan fingerprint density at radius 2 is 1.85 bits per heavy atom. The summed E-state index contributed by atoms with van der Waals surface area (Å²) < 4.78 is 23.7. The predicted octanol–water partition coefficient (Wildman–Crippen LogP) is 1.00. The fourth-order valence-electron chi connectivity index (χ4n) is 3.25. The minimum Gasteiger partial charge on any atom is -0.322 e. The summed E-state index contributed by atoms with van der Waals surface area (Å²) in [4.78, 5) is 14.5. The zero-order valence-corrected chi connectivity index (χ0v) is 13.6. The van der Waals surface area contributed by atoms with Crippen molar-refractivity contribution >= 4 is 15.7 Å². The van der Waals surface area contributed by atoms with Gasteiger partial charge < -0.3 is 4.90 Å². The van der Waals surface area contributed by atoms with Crippen molar-refractivity contribution in [1.82, 2.24) is 10.2 Å². The van der Waals surface area contributed by atoms with Gasteiger partial charge in [-0.05, 0) is 24.7 Å². The lowest BCUT2D eigenvalue weighted by Gasteiger charge is -2.36. The quantitative estimate of drug-likeness (QED) is 0.845. The number of rotatable bonds is 3. The molecule has 2 aliphatic rings. The third-order valence-corrected chi connectivity index (χ3v) is 6.10. The van der Waals surface area contributed by atoms with Gasteiger partial charge in [-0.2, -0.15) is 0 Å². The van der Waals surface area contributed by atoms with Crippen LogP contribution in [0.25, 0.3) is 0 Å². The number of nitrogens with zero attached hydrogens (tertiary/aromatic N) is 1. The van der Waals surface area contributed by atoms with Crippen molar-refractivity contribution in [3.05, 3.63) is 0 Å². The number of nitrogens with one attached hydrogen (secondary N) is 1. The average Bonchev–Trinajstić information content (AvgIpc) is 2.65. The molecule has 0 aromatic carbocycles. The van der Waals surface area contributed by atoms with E-state index in [0.29, 0.717) is 6.42 Å². The number of carbonyl (C=O) groups is 1. The molecule has 2 aliphatic heterocycles. The molecule has 0 saturated carbocycles. The normalized spacial score (nSPS) is 34.2. The van der Waals surface area contributed by atoms with Crippen molar-refractivity contribution in [1.29, 1.82) is 0 Å². The molecule has 5 nitrogen and oxygen atoms in total. The summed E-state index contributed by atoms with van der Waals surface area (Å²) in [5.74, 6) is 0.940.